The van der Waals surface area contributed by atoms with Gasteiger partial charge in [-0.3, -0.25) is 9.59 Å². The molecule has 1 amide bonds. The van der Waals surface area contributed by atoms with Gasteiger partial charge in [0.2, 0.25) is 5.91 Å². The molecule has 0 spiro atoms. The van der Waals surface area contributed by atoms with Gasteiger partial charge >= 0.3 is 0 Å². The summed E-state index contributed by atoms with van der Waals surface area (Å²) in [7, 11) is 0. The number of nitrogens with one attached hydrogen (secondary N) is 1. The third kappa shape index (κ3) is 3.39. The molecule has 2 heterocycles. The van der Waals surface area contributed by atoms with Gasteiger partial charge in [0.1, 0.15) is 24.2 Å². The Balaban J connectivity index is 1.61. The molecule has 0 aliphatic carbocycles. The molecule has 0 bridgehead atoms. The Kier molecular flexibility index (Phi) is 4.44. The lowest BCUT2D eigenvalue weighted by Crippen LogP contribution is -2.30. The summed E-state index contributed by atoms with van der Waals surface area (Å²) < 4.78 is 16.1. The van der Waals surface area contributed by atoms with Crippen LogP contribution in [0.2, 0.25) is 0 Å². The minimum absolute atomic E-state index is 0.0487. The number of amides is 1. The molecule has 140 valence electrons. The zero-order valence-electron chi connectivity index (χ0n) is 15.0. The maximum absolute atomic E-state index is 13.7. The number of halogens is 1. The first-order chi connectivity index (χ1) is 13.5. The predicted molar refractivity (Wildman–Crippen MR) is 102 cm³/mol. The summed E-state index contributed by atoms with van der Waals surface area (Å²) in [6.45, 7) is 1.65. The Morgan fingerprint density at radius 3 is 2.64 bits per heavy atom. The summed E-state index contributed by atoms with van der Waals surface area (Å²) in [4.78, 5) is 24.8. The van der Waals surface area contributed by atoms with Crippen LogP contribution < -0.4 is 10.9 Å². The van der Waals surface area contributed by atoms with E-state index in [1.807, 2.05) is 31.2 Å². The largest absolute Gasteiger partial charge is 0.322 e. The van der Waals surface area contributed by atoms with Crippen LogP contribution in [-0.2, 0) is 11.3 Å². The highest BCUT2D eigenvalue weighted by Crippen LogP contribution is 2.18. The fourth-order valence-corrected chi connectivity index (χ4v) is 2.80. The third-order valence-corrected chi connectivity index (χ3v) is 4.28. The van der Waals surface area contributed by atoms with Crippen molar-refractivity contribution in [1.29, 1.82) is 0 Å². The average molecular weight is 377 g/mol. The van der Waals surface area contributed by atoms with Crippen molar-refractivity contribution in [3.63, 3.8) is 0 Å². The normalized spacial score (nSPS) is 10.9. The van der Waals surface area contributed by atoms with Crippen molar-refractivity contribution in [3.05, 3.63) is 82.7 Å². The topological polar surface area (TPSA) is 81.3 Å². The van der Waals surface area contributed by atoms with Gasteiger partial charge in [-0.05, 0) is 25.1 Å². The van der Waals surface area contributed by atoms with E-state index in [0.29, 0.717) is 11.2 Å². The number of anilines is 1. The molecular weight excluding hydrogens is 361 g/mol. The van der Waals surface area contributed by atoms with Gasteiger partial charge in [-0.15, -0.1) is 0 Å². The molecule has 2 aromatic heterocycles. The van der Waals surface area contributed by atoms with Crippen molar-refractivity contribution in [2.45, 2.75) is 13.5 Å². The van der Waals surface area contributed by atoms with Crippen LogP contribution in [0.25, 0.3) is 16.8 Å². The van der Waals surface area contributed by atoms with Gasteiger partial charge in [-0.25, -0.2) is 13.6 Å². The summed E-state index contributed by atoms with van der Waals surface area (Å²) >= 11 is 0. The SMILES string of the molecule is Cc1ccc(-c2cc3c(=O)n(CC(=O)Nc4ccccc4F)ncn3n2)cc1. The summed E-state index contributed by atoms with van der Waals surface area (Å²) in [5.41, 5.74) is 2.51. The highest BCUT2D eigenvalue weighted by Gasteiger charge is 2.13. The molecule has 0 fully saturated rings. The molecule has 0 unspecified atom stereocenters. The molecule has 1 N–H and O–H groups in total. The van der Waals surface area contributed by atoms with E-state index >= 15 is 0 Å². The minimum Gasteiger partial charge on any atom is -0.322 e. The molecule has 0 radical (unpaired) electrons. The van der Waals surface area contributed by atoms with Crippen LogP contribution in [0, 0.1) is 12.7 Å². The number of hydrogen-bond acceptors (Lipinski definition) is 4. The molecular formula is C20H16FN5O2. The number of carbonyl (C=O) groups is 1. The van der Waals surface area contributed by atoms with E-state index in [1.165, 1.54) is 29.0 Å². The lowest BCUT2D eigenvalue weighted by molar-refractivity contribution is -0.117. The van der Waals surface area contributed by atoms with Crippen LogP contribution in [-0.4, -0.2) is 25.3 Å². The first kappa shape index (κ1) is 17.6. The van der Waals surface area contributed by atoms with E-state index in [0.717, 1.165) is 15.8 Å². The van der Waals surface area contributed by atoms with Gasteiger partial charge in [0.25, 0.3) is 5.56 Å². The Labute approximate surface area is 159 Å². The number of hydrogen-bond donors (Lipinski definition) is 1. The van der Waals surface area contributed by atoms with Crippen molar-refractivity contribution in [2.75, 3.05) is 5.32 Å². The standard InChI is InChI=1S/C20H16FN5O2/c1-13-6-8-14(9-7-13)17-10-18-20(28)25(22-12-26(18)24-17)11-19(27)23-16-5-3-2-4-15(16)21/h2-10,12H,11H2,1H3,(H,23,27). The van der Waals surface area contributed by atoms with Crippen LogP contribution in [0.3, 0.4) is 0 Å². The van der Waals surface area contributed by atoms with E-state index in [-0.39, 0.29) is 12.2 Å². The molecule has 4 aromatic rings. The van der Waals surface area contributed by atoms with E-state index in [4.69, 9.17) is 0 Å². The molecule has 4 rings (SSSR count). The average Bonchev–Trinajstić information content (AvgIpc) is 3.12. The number of benzene rings is 2. The molecule has 28 heavy (non-hydrogen) atoms. The smallest absolute Gasteiger partial charge is 0.293 e. The number of aromatic nitrogens is 4. The molecule has 7 nitrogen and oxygen atoms in total. The molecule has 0 aliphatic heterocycles. The molecule has 0 saturated carbocycles. The Bertz CT molecular complexity index is 1230. The van der Waals surface area contributed by atoms with Crippen LogP contribution in [0.4, 0.5) is 10.1 Å². The van der Waals surface area contributed by atoms with Crippen LogP contribution in [0.1, 0.15) is 5.56 Å². The molecule has 2 aromatic carbocycles. The summed E-state index contributed by atoms with van der Waals surface area (Å²) in [6.07, 6.45) is 1.37. The van der Waals surface area contributed by atoms with E-state index < -0.39 is 17.3 Å². The number of aryl methyl sites for hydroxylation is 1. The highest BCUT2D eigenvalue weighted by atomic mass is 19.1. The monoisotopic (exact) mass is 377 g/mol. The second kappa shape index (κ2) is 7.07. The second-order valence-electron chi connectivity index (χ2n) is 6.35. The first-order valence-electron chi connectivity index (χ1n) is 8.58. The minimum atomic E-state index is -0.553. The Hall–Kier alpha value is -3.81. The fourth-order valence-electron chi connectivity index (χ4n) is 2.80. The van der Waals surface area contributed by atoms with Gasteiger partial charge in [0, 0.05) is 5.56 Å². The molecule has 8 heteroatoms. The Morgan fingerprint density at radius 2 is 1.89 bits per heavy atom. The zero-order chi connectivity index (χ0) is 19.7. The van der Waals surface area contributed by atoms with E-state index in [1.54, 1.807) is 12.1 Å². The number of rotatable bonds is 4. The van der Waals surface area contributed by atoms with Crippen molar-refractivity contribution in [3.8, 4) is 11.3 Å². The van der Waals surface area contributed by atoms with Gasteiger partial charge in [0.15, 0.2) is 0 Å². The third-order valence-electron chi connectivity index (χ3n) is 4.28. The van der Waals surface area contributed by atoms with Crippen molar-refractivity contribution in [1.82, 2.24) is 19.4 Å². The molecule has 0 saturated heterocycles. The Morgan fingerprint density at radius 1 is 1.14 bits per heavy atom. The number of nitrogens with zero attached hydrogens (tertiary/aromatic N) is 4. The van der Waals surface area contributed by atoms with Gasteiger partial charge < -0.3 is 5.32 Å². The highest BCUT2D eigenvalue weighted by molar-refractivity contribution is 5.90. The lowest BCUT2D eigenvalue weighted by atomic mass is 10.1. The van der Waals surface area contributed by atoms with Gasteiger partial charge in [-0.2, -0.15) is 10.2 Å². The number of fused-ring (bicyclic) bond motifs is 1. The van der Waals surface area contributed by atoms with Crippen LogP contribution in [0.5, 0.6) is 0 Å². The quantitative estimate of drug-likeness (QED) is 0.593. The second-order valence-corrected chi connectivity index (χ2v) is 6.35. The van der Waals surface area contributed by atoms with Crippen molar-refractivity contribution < 1.29 is 9.18 Å². The van der Waals surface area contributed by atoms with E-state index in [9.17, 15) is 14.0 Å². The zero-order valence-corrected chi connectivity index (χ0v) is 15.0. The maximum atomic E-state index is 13.7. The maximum Gasteiger partial charge on any atom is 0.293 e. The van der Waals surface area contributed by atoms with Crippen molar-refractivity contribution in [2.24, 2.45) is 0 Å². The molecule has 0 aliphatic rings. The first-order valence-corrected chi connectivity index (χ1v) is 8.58. The van der Waals surface area contributed by atoms with Crippen LogP contribution >= 0.6 is 0 Å². The number of carbonyl (C=O) groups excluding carboxylic acids is 1. The van der Waals surface area contributed by atoms with Gasteiger partial charge in [-0.1, -0.05) is 42.0 Å². The number of para-hydroxylation sites is 1. The van der Waals surface area contributed by atoms with Gasteiger partial charge in [0.05, 0.1) is 11.4 Å². The summed E-state index contributed by atoms with van der Waals surface area (Å²) in [6, 6.07) is 15.2. The summed E-state index contributed by atoms with van der Waals surface area (Å²) in [5, 5.41) is 10.8. The molecule has 0 atom stereocenters. The van der Waals surface area contributed by atoms with Crippen LogP contribution in [0.15, 0.2) is 65.7 Å². The lowest BCUT2D eigenvalue weighted by Gasteiger charge is -2.07. The fraction of sp³-hybridized carbons (Fsp3) is 0.100. The predicted octanol–water partition coefficient (Wildman–Crippen LogP) is 2.64. The van der Waals surface area contributed by atoms with Crippen molar-refractivity contribution >= 4 is 17.1 Å². The summed E-state index contributed by atoms with van der Waals surface area (Å²) in [5.74, 6) is -1.10. The van der Waals surface area contributed by atoms with E-state index in [2.05, 4.69) is 15.5 Å².